The lowest BCUT2D eigenvalue weighted by molar-refractivity contribution is -0.242. The molecule has 4 fully saturated rings. The number of rotatable bonds is 0. The van der Waals surface area contributed by atoms with Crippen molar-refractivity contribution in [2.24, 2.45) is 34.5 Å². The van der Waals surface area contributed by atoms with Crippen molar-refractivity contribution in [1.82, 2.24) is 0 Å². The van der Waals surface area contributed by atoms with Crippen LogP contribution >= 0.6 is 0 Å². The van der Waals surface area contributed by atoms with Gasteiger partial charge in [-0.3, -0.25) is 9.59 Å². The maximum absolute atomic E-state index is 13.3. The molecule has 11 unspecified atom stereocenters. The van der Waals surface area contributed by atoms with Gasteiger partial charge in [0.25, 0.3) is 0 Å². The summed E-state index contributed by atoms with van der Waals surface area (Å²) in [7, 11) is 0. The maximum atomic E-state index is 13.3. The van der Waals surface area contributed by atoms with E-state index >= 15 is 0 Å². The van der Waals surface area contributed by atoms with Crippen molar-refractivity contribution in [3.63, 3.8) is 0 Å². The molecule has 0 spiro atoms. The summed E-state index contributed by atoms with van der Waals surface area (Å²) in [5.74, 6) is -3.93. The molecule has 1 saturated heterocycles. The van der Waals surface area contributed by atoms with Crippen LogP contribution in [-0.2, 0) is 14.3 Å². The molecule has 26 heavy (non-hydrogen) atoms. The standard InChI is InChI=1S/C19H26O7/c1-6-5-8(20)15(23)18(3)9(6)11(21)16(24)19(4)10-7(2)13(26-17(10)25)12(22)14(18)19/h7-15,20-23H,1,5H2,2-4H3. The Hall–Kier alpha value is -1.28. The summed E-state index contributed by atoms with van der Waals surface area (Å²) in [5, 5.41) is 43.2. The zero-order valence-electron chi connectivity index (χ0n) is 15.1. The lowest BCUT2D eigenvalue weighted by Crippen LogP contribution is -2.74. The number of fused-ring (bicyclic) bond motifs is 6. The van der Waals surface area contributed by atoms with Crippen molar-refractivity contribution >= 4 is 11.8 Å². The highest BCUT2D eigenvalue weighted by molar-refractivity contribution is 5.96. The van der Waals surface area contributed by atoms with E-state index in [4.69, 9.17) is 4.74 Å². The van der Waals surface area contributed by atoms with Crippen molar-refractivity contribution in [2.75, 3.05) is 0 Å². The number of ketones is 1. The normalized spacial score (nSPS) is 58.9. The summed E-state index contributed by atoms with van der Waals surface area (Å²) in [5.41, 5.74) is -2.15. The zero-order chi connectivity index (χ0) is 19.3. The van der Waals surface area contributed by atoms with Crippen LogP contribution in [0.2, 0.25) is 0 Å². The molecule has 7 heteroatoms. The Morgan fingerprint density at radius 2 is 1.73 bits per heavy atom. The van der Waals surface area contributed by atoms with E-state index in [2.05, 4.69) is 6.58 Å². The number of hydrogen-bond acceptors (Lipinski definition) is 7. The average Bonchev–Trinajstić information content (AvgIpc) is 2.80. The molecule has 4 N–H and O–H groups in total. The summed E-state index contributed by atoms with van der Waals surface area (Å²) >= 11 is 0. The molecule has 0 aromatic carbocycles. The summed E-state index contributed by atoms with van der Waals surface area (Å²) in [6, 6.07) is 0. The fourth-order valence-corrected chi connectivity index (χ4v) is 6.91. The second-order valence-electron chi connectivity index (χ2n) is 9.02. The van der Waals surface area contributed by atoms with Gasteiger partial charge in [-0.2, -0.15) is 0 Å². The smallest absolute Gasteiger partial charge is 0.310 e. The Kier molecular flexibility index (Phi) is 3.59. The molecule has 0 amide bonds. The molecule has 1 heterocycles. The van der Waals surface area contributed by atoms with Crippen molar-refractivity contribution in [1.29, 1.82) is 0 Å². The lowest BCUT2D eigenvalue weighted by Gasteiger charge is -2.65. The van der Waals surface area contributed by atoms with E-state index in [0.717, 1.165) is 0 Å². The fraction of sp³-hybridized carbons (Fsp3) is 0.789. The number of aliphatic hydroxyl groups excluding tert-OH is 4. The second-order valence-corrected chi connectivity index (χ2v) is 9.02. The van der Waals surface area contributed by atoms with Crippen molar-refractivity contribution in [3.8, 4) is 0 Å². The number of ether oxygens (including phenoxy) is 1. The van der Waals surface area contributed by atoms with Crippen LogP contribution in [0, 0.1) is 34.5 Å². The molecule has 3 saturated carbocycles. The minimum absolute atomic E-state index is 0.0734. The number of esters is 1. The van der Waals surface area contributed by atoms with Crippen LogP contribution in [0.3, 0.4) is 0 Å². The van der Waals surface area contributed by atoms with Gasteiger partial charge in [0.2, 0.25) is 0 Å². The Balaban J connectivity index is 1.97. The molecular formula is C19H26O7. The van der Waals surface area contributed by atoms with E-state index in [1.165, 1.54) is 0 Å². The van der Waals surface area contributed by atoms with Gasteiger partial charge in [0.05, 0.1) is 24.2 Å². The molecule has 0 radical (unpaired) electrons. The minimum atomic E-state index is -1.46. The van der Waals surface area contributed by atoms with E-state index in [-0.39, 0.29) is 12.3 Å². The van der Waals surface area contributed by atoms with Gasteiger partial charge in [-0.1, -0.05) is 32.9 Å². The first-order valence-electron chi connectivity index (χ1n) is 9.13. The molecule has 4 rings (SSSR count). The highest BCUT2D eigenvalue weighted by Gasteiger charge is 2.76. The predicted octanol–water partition coefficient (Wildman–Crippen LogP) is -0.591. The van der Waals surface area contributed by atoms with Gasteiger partial charge in [-0.05, 0) is 6.42 Å². The molecule has 1 aliphatic heterocycles. The molecule has 0 aromatic rings. The molecule has 11 atom stereocenters. The fourth-order valence-electron chi connectivity index (χ4n) is 6.91. The van der Waals surface area contributed by atoms with Crippen LogP contribution in [0.1, 0.15) is 27.2 Å². The van der Waals surface area contributed by atoms with Crippen LogP contribution in [0.15, 0.2) is 12.2 Å². The third-order valence-electron chi connectivity index (χ3n) is 7.89. The monoisotopic (exact) mass is 366 g/mol. The van der Waals surface area contributed by atoms with Gasteiger partial charge in [-0.15, -0.1) is 0 Å². The van der Waals surface area contributed by atoms with Gasteiger partial charge in [0, 0.05) is 28.6 Å². The Morgan fingerprint density at radius 3 is 2.35 bits per heavy atom. The van der Waals surface area contributed by atoms with E-state index in [1.807, 2.05) is 0 Å². The Bertz CT molecular complexity index is 704. The van der Waals surface area contributed by atoms with E-state index in [9.17, 15) is 30.0 Å². The SMILES string of the molecule is C=C1CC(O)C(O)C2(C)C1C(O)C(=O)C1(C)C3C(=O)OC(C3C)C(O)C12. The van der Waals surface area contributed by atoms with E-state index in [0.29, 0.717) is 5.57 Å². The third-order valence-corrected chi connectivity index (χ3v) is 7.89. The highest BCUT2D eigenvalue weighted by Crippen LogP contribution is 2.67. The molecule has 4 aliphatic rings. The van der Waals surface area contributed by atoms with Crippen molar-refractivity contribution in [3.05, 3.63) is 12.2 Å². The third kappa shape index (κ3) is 1.73. The van der Waals surface area contributed by atoms with Crippen LogP contribution in [0.4, 0.5) is 0 Å². The topological polar surface area (TPSA) is 124 Å². The number of aliphatic hydroxyl groups is 4. The molecule has 3 aliphatic carbocycles. The van der Waals surface area contributed by atoms with Gasteiger partial charge in [0.15, 0.2) is 5.78 Å². The number of carbonyl (C=O) groups is 2. The summed E-state index contributed by atoms with van der Waals surface area (Å²) < 4.78 is 5.37. The van der Waals surface area contributed by atoms with Crippen LogP contribution in [0.25, 0.3) is 0 Å². The van der Waals surface area contributed by atoms with Crippen LogP contribution < -0.4 is 0 Å². The van der Waals surface area contributed by atoms with Crippen molar-refractivity contribution < 1.29 is 34.8 Å². The van der Waals surface area contributed by atoms with Gasteiger partial charge in [-0.25, -0.2) is 0 Å². The number of Topliss-reactive ketones (excluding diaryl/α,β-unsaturated/α-hetero) is 1. The Labute approximate surface area is 151 Å². The van der Waals surface area contributed by atoms with E-state index < -0.39 is 70.9 Å². The summed E-state index contributed by atoms with van der Waals surface area (Å²) in [4.78, 5) is 25.8. The predicted molar refractivity (Wildman–Crippen MR) is 88.5 cm³/mol. The largest absolute Gasteiger partial charge is 0.459 e. The second kappa shape index (κ2) is 5.16. The number of carbonyl (C=O) groups excluding carboxylic acids is 2. The number of hydrogen-bond donors (Lipinski definition) is 4. The van der Waals surface area contributed by atoms with E-state index in [1.54, 1.807) is 20.8 Å². The maximum Gasteiger partial charge on any atom is 0.310 e. The molecule has 0 aromatic heterocycles. The van der Waals surface area contributed by atoms with Crippen LogP contribution in [0.5, 0.6) is 0 Å². The average molecular weight is 366 g/mol. The molecule has 144 valence electrons. The summed E-state index contributed by atoms with van der Waals surface area (Å²) in [6.07, 6.45) is -5.73. The molecular weight excluding hydrogens is 340 g/mol. The first-order valence-corrected chi connectivity index (χ1v) is 9.13. The zero-order valence-corrected chi connectivity index (χ0v) is 15.1. The highest BCUT2D eigenvalue weighted by atomic mass is 16.6. The molecule has 2 bridgehead atoms. The lowest BCUT2D eigenvalue weighted by atomic mass is 9.39. The minimum Gasteiger partial charge on any atom is -0.459 e. The van der Waals surface area contributed by atoms with Gasteiger partial charge in [0.1, 0.15) is 12.2 Å². The van der Waals surface area contributed by atoms with Crippen molar-refractivity contribution in [2.45, 2.75) is 57.7 Å². The van der Waals surface area contributed by atoms with Crippen LogP contribution in [-0.4, -0.2) is 62.7 Å². The van der Waals surface area contributed by atoms with Gasteiger partial charge >= 0.3 is 5.97 Å². The first kappa shape index (κ1) is 18.1. The van der Waals surface area contributed by atoms with Gasteiger partial charge < -0.3 is 25.2 Å². The summed E-state index contributed by atoms with van der Waals surface area (Å²) in [6.45, 7) is 8.92. The quantitative estimate of drug-likeness (QED) is 0.334. The molecule has 7 nitrogen and oxygen atoms in total. The first-order chi connectivity index (χ1) is 12.0. The Morgan fingerprint density at radius 1 is 1.12 bits per heavy atom.